The molecule has 1 aromatic rings. The summed E-state index contributed by atoms with van der Waals surface area (Å²) in [5, 5.41) is 10.00. The van der Waals surface area contributed by atoms with Crippen LogP contribution >= 0.6 is 0 Å². The van der Waals surface area contributed by atoms with Crippen LogP contribution in [0.25, 0.3) is 0 Å². The van der Waals surface area contributed by atoms with Crippen LogP contribution in [0.3, 0.4) is 0 Å². The number of ether oxygens (including phenoxy) is 2. The van der Waals surface area contributed by atoms with Crippen LogP contribution in [0, 0.1) is 17.8 Å². The summed E-state index contributed by atoms with van der Waals surface area (Å²) in [6.07, 6.45) is 5.90. The van der Waals surface area contributed by atoms with Gasteiger partial charge < -0.3 is 19.0 Å². The van der Waals surface area contributed by atoms with E-state index in [0.29, 0.717) is 6.61 Å². The van der Waals surface area contributed by atoms with Gasteiger partial charge in [-0.05, 0) is 41.7 Å². The highest BCUT2D eigenvalue weighted by molar-refractivity contribution is 6.73. The Bertz CT molecular complexity index is 660. The molecule has 0 aromatic heterocycles. The molecule has 182 valence electrons. The topological polar surface area (TPSA) is 47.9 Å². The zero-order valence-electron chi connectivity index (χ0n) is 21.3. The molecule has 0 spiro atoms. The van der Waals surface area contributed by atoms with Gasteiger partial charge >= 0.3 is 0 Å². The normalized spacial score (nSPS) is 17.0. The molecule has 1 rings (SSSR count). The number of hydrogen-bond acceptors (Lipinski definition) is 4. The van der Waals surface area contributed by atoms with Gasteiger partial charge in [0.25, 0.3) is 0 Å². The summed E-state index contributed by atoms with van der Waals surface area (Å²) >= 11 is 0. The molecule has 4 unspecified atom stereocenters. The van der Waals surface area contributed by atoms with Crippen LogP contribution in [0.1, 0.15) is 47.1 Å². The fraction of sp³-hybridized carbons (Fsp3) is 0.630. The molecular formula is C27H46O4Si. The first-order valence-corrected chi connectivity index (χ1v) is 14.7. The molecule has 0 aliphatic carbocycles. The highest BCUT2D eigenvalue weighted by Gasteiger charge is 2.39. The predicted molar refractivity (Wildman–Crippen MR) is 138 cm³/mol. The van der Waals surface area contributed by atoms with Crippen LogP contribution in [-0.4, -0.2) is 39.3 Å². The lowest BCUT2D eigenvalue weighted by Crippen LogP contribution is -2.48. The van der Waals surface area contributed by atoms with Crippen molar-refractivity contribution in [2.24, 2.45) is 17.8 Å². The van der Waals surface area contributed by atoms with Gasteiger partial charge in [0.1, 0.15) is 5.75 Å². The van der Waals surface area contributed by atoms with Crippen molar-refractivity contribution >= 4 is 8.32 Å². The molecule has 0 fully saturated rings. The van der Waals surface area contributed by atoms with Crippen molar-refractivity contribution in [3.8, 4) is 5.75 Å². The summed E-state index contributed by atoms with van der Waals surface area (Å²) in [4.78, 5) is 0. The van der Waals surface area contributed by atoms with E-state index in [1.807, 2.05) is 36.4 Å². The molecule has 1 aromatic carbocycles. The molecule has 0 aliphatic rings. The van der Waals surface area contributed by atoms with E-state index in [1.54, 1.807) is 7.11 Å². The Labute approximate surface area is 197 Å². The van der Waals surface area contributed by atoms with Gasteiger partial charge in [-0.1, -0.05) is 78.5 Å². The van der Waals surface area contributed by atoms with E-state index < -0.39 is 8.32 Å². The average Bonchev–Trinajstić information content (AvgIpc) is 2.83. The standard InChI is InChI=1S/C27H46O4Si/c1-9-13-14-21(5)27(31-32(10-2,11-3)12-4)23(7)26(22(6)19-28)30-20-24-15-17-25(29-8)18-16-24/h9,13-18,21-23,26-28H,1,10-12,19-20H2,2-8H3/b14-13-/t21-,22?,23?,26?,27?/m0/s1. The number of allylic oxidation sites excluding steroid dienone is 2. The highest BCUT2D eigenvalue weighted by Crippen LogP contribution is 2.33. The van der Waals surface area contributed by atoms with Gasteiger partial charge in [0.05, 0.1) is 25.9 Å². The Balaban J connectivity index is 3.16. The Hall–Kier alpha value is -1.40. The van der Waals surface area contributed by atoms with Crippen LogP contribution in [-0.2, 0) is 15.8 Å². The second-order valence-corrected chi connectivity index (χ2v) is 13.7. The maximum absolute atomic E-state index is 10.00. The van der Waals surface area contributed by atoms with Crippen molar-refractivity contribution in [1.29, 1.82) is 0 Å². The number of hydrogen-bond donors (Lipinski definition) is 1. The molecule has 5 atom stereocenters. The smallest absolute Gasteiger partial charge is 0.192 e. The minimum absolute atomic E-state index is 0.00544. The highest BCUT2D eigenvalue weighted by atomic mass is 28.4. The van der Waals surface area contributed by atoms with Crippen molar-refractivity contribution in [1.82, 2.24) is 0 Å². The van der Waals surface area contributed by atoms with Crippen molar-refractivity contribution in [3.63, 3.8) is 0 Å². The van der Waals surface area contributed by atoms with E-state index in [9.17, 15) is 5.11 Å². The first-order valence-electron chi connectivity index (χ1n) is 12.1. The Morgan fingerprint density at radius 3 is 2.06 bits per heavy atom. The zero-order valence-corrected chi connectivity index (χ0v) is 22.3. The van der Waals surface area contributed by atoms with E-state index >= 15 is 0 Å². The molecule has 0 amide bonds. The fourth-order valence-electron chi connectivity index (χ4n) is 4.38. The van der Waals surface area contributed by atoms with Gasteiger partial charge in [0.2, 0.25) is 0 Å². The summed E-state index contributed by atoms with van der Waals surface area (Å²) in [5.41, 5.74) is 1.09. The number of rotatable bonds is 16. The van der Waals surface area contributed by atoms with Crippen LogP contribution < -0.4 is 4.74 Å². The van der Waals surface area contributed by atoms with Gasteiger partial charge in [0.15, 0.2) is 8.32 Å². The lowest BCUT2D eigenvalue weighted by atomic mass is 9.84. The van der Waals surface area contributed by atoms with E-state index in [1.165, 1.54) is 0 Å². The summed E-state index contributed by atoms with van der Waals surface area (Å²) in [6, 6.07) is 11.3. The predicted octanol–water partition coefficient (Wildman–Crippen LogP) is 6.61. The van der Waals surface area contributed by atoms with Gasteiger partial charge in [-0.25, -0.2) is 0 Å². The third-order valence-electron chi connectivity index (χ3n) is 6.87. The first kappa shape index (κ1) is 28.6. The Kier molecular flexibility index (Phi) is 13.1. The molecule has 0 saturated carbocycles. The molecule has 32 heavy (non-hydrogen) atoms. The molecule has 0 aliphatic heterocycles. The van der Waals surface area contributed by atoms with E-state index in [2.05, 4.69) is 54.2 Å². The third-order valence-corrected chi connectivity index (χ3v) is 11.5. The summed E-state index contributed by atoms with van der Waals surface area (Å²) in [5.74, 6) is 1.18. The number of aliphatic hydroxyl groups excluding tert-OH is 1. The van der Waals surface area contributed by atoms with Gasteiger partial charge in [-0.15, -0.1) is 0 Å². The van der Waals surface area contributed by atoms with Gasteiger partial charge in [-0.3, -0.25) is 0 Å². The molecule has 0 saturated heterocycles. The monoisotopic (exact) mass is 462 g/mol. The molecule has 5 heteroatoms. The van der Waals surface area contributed by atoms with Crippen LogP contribution in [0.15, 0.2) is 49.1 Å². The van der Waals surface area contributed by atoms with Crippen molar-refractivity contribution in [2.75, 3.05) is 13.7 Å². The van der Waals surface area contributed by atoms with E-state index in [4.69, 9.17) is 13.9 Å². The van der Waals surface area contributed by atoms with Crippen LogP contribution in [0.4, 0.5) is 0 Å². The largest absolute Gasteiger partial charge is 0.497 e. The molecule has 0 bridgehead atoms. The van der Waals surface area contributed by atoms with Crippen molar-refractivity contribution < 1.29 is 19.0 Å². The maximum atomic E-state index is 10.00. The molecular weight excluding hydrogens is 416 g/mol. The SMILES string of the molecule is C=C/C=C\[C@H](C)C(O[Si](CC)(CC)CC)C(C)C(OCc1ccc(OC)cc1)C(C)CO. The second-order valence-electron chi connectivity index (χ2n) is 8.95. The second kappa shape index (κ2) is 14.7. The third kappa shape index (κ3) is 8.18. The van der Waals surface area contributed by atoms with Crippen molar-refractivity contribution in [2.45, 2.75) is 78.5 Å². The minimum atomic E-state index is -1.83. The van der Waals surface area contributed by atoms with Crippen LogP contribution in [0.2, 0.25) is 18.1 Å². The number of benzene rings is 1. The van der Waals surface area contributed by atoms with E-state index in [-0.39, 0.29) is 36.6 Å². The van der Waals surface area contributed by atoms with Gasteiger partial charge in [-0.2, -0.15) is 0 Å². The average molecular weight is 463 g/mol. The van der Waals surface area contributed by atoms with E-state index in [0.717, 1.165) is 29.4 Å². The lowest BCUT2D eigenvalue weighted by molar-refractivity contribution is -0.0775. The summed E-state index contributed by atoms with van der Waals surface area (Å²) < 4.78 is 18.8. The number of aliphatic hydroxyl groups is 1. The van der Waals surface area contributed by atoms with Gasteiger partial charge in [0, 0.05) is 18.4 Å². The summed E-state index contributed by atoms with van der Waals surface area (Å²) in [7, 11) is -0.158. The zero-order chi connectivity index (χ0) is 24.1. The lowest BCUT2D eigenvalue weighted by Gasteiger charge is -2.42. The minimum Gasteiger partial charge on any atom is -0.497 e. The molecule has 1 N–H and O–H groups in total. The summed E-state index contributed by atoms with van der Waals surface area (Å²) in [6.45, 7) is 17.7. The Morgan fingerprint density at radius 2 is 1.59 bits per heavy atom. The fourth-order valence-corrected chi connectivity index (χ4v) is 7.39. The Morgan fingerprint density at radius 1 is 1.00 bits per heavy atom. The van der Waals surface area contributed by atoms with Crippen molar-refractivity contribution in [3.05, 3.63) is 54.6 Å². The first-order chi connectivity index (χ1) is 15.3. The molecule has 4 nitrogen and oxygen atoms in total. The number of methoxy groups -OCH3 is 1. The van der Waals surface area contributed by atoms with Crippen LogP contribution in [0.5, 0.6) is 5.75 Å². The maximum Gasteiger partial charge on any atom is 0.192 e. The molecule has 0 radical (unpaired) electrons. The quantitative estimate of drug-likeness (QED) is 0.222. The molecule has 0 heterocycles.